The first-order chi connectivity index (χ1) is 3.72. The summed E-state index contributed by atoms with van der Waals surface area (Å²) in [7, 11) is 0. The minimum absolute atomic E-state index is 0.285. The van der Waals surface area contributed by atoms with Crippen LogP contribution in [0.3, 0.4) is 0 Å². The van der Waals surface area contributed by atoms with Gasteiger partial charge in [0.2, 0.25) is 0 Å². The number of hydrazine groups is 1. The summed E-state index contributed by atoms with van der Waals surface area (Å²) in [5.41, 5.74) is 2.48. The molecule has 3 heteroatoms. The van der Waals surface area contributed by atoms with Crippen LogP contribution in [0, 0.1) is 0 Å². The molecule has 0 saturated carbocycles. The molecule has 0 aliphatic carbocycles. The fourth-order valence-electron chi connectivity index (χ4n) is 0.263. The Bertz CT molecular complexity index is 95.0. The van der Waals surface area contributed by atoms with E-state index in [1.807, 2.05) is 12.3 Å². The lowest BCUT2D eigenvalue weighted by atomic mass is 10.2. The van der Waals surface area contributed by atoms with Crippen molar-refractivity contribution in [2.75, 3.05) is 0 Å². The Morgan fingerprint density at radius 2 is 2.38 bits per heavy atom. The molecule has 0 rings (SSSR count). The molecule has 0 radical (unpaired) electrons. The molecular formula is C5H10N2O. The largest absolute Gasteiger partial charge is 0.290 e. The summed E-state index contributed by atoms with van der Waals surface area (Å²) in [6, 6.07) is 0. The average Bonchev–Trinajstić information content (AvgIpc) is 1.84. The van der Waals surface area contributed by atoms with Crippen LogP contribution in [-0.4, -0.2) is 5.91 Å². The molecule has 0 heterocycles. The Kier molecular flexibility index (Phi) is 2.88. The lowest BCUT2D eigenvalue weighted by Gasteiger charge is -1.96. The van der Waals surface area contributed by atoms with E-state index >= 15 is 0 Å². The Morgan fingerprint density at radius 1 is 1.88 bits per heavy atom. The van der Waals surface area contributed by atoms with Gasteiger partial charge >= 0.3 is 0 Å². The van der Waals surface area contributed by atoms with Crippen LogP contribution < -0.4 is 11.3 Å². The molecule has 3 nitrogen and oxygen atoms in total. The van der Waals surface area contributed by atoms with Gasteiger partial charge in [0.15, 0.2) is 0 Å². The topological polar surface area (TPSA) is 55.1 Å². The molecule has 8 heavy (non-hydrogen) atoms. The summed E-state index contributed by atoms with van der Waals surface area (Å²) in [6.45, 7) is 5.30. The molecular weight excluding hydrogens is 104 g/mol. The standard InChI is InChI=1S/C5H10N2O/c1-3-4(2)5(8)7-6/h2-3,6H2,1H3,(H,7,8). The van der Waals surface area contributed by atoms with E-state index in [1.165, 1.54) is 0 Å². The highest BCUT2D eigenvalue weighted by Gasteiger charge is 1.98. The van der Waals surface area contributed by atoms with Gasteiger partial charge in [0.1, 0.15) is 0 Å². The molecule has 0 unspecified atom stereocenters. The number of hydrogen-bond donors (Lipinski definition) is 2. The van der Waals surface area contributed by atoms with Crippen LogP contribution in [0.25, 0.3) is 0 Å². The molecule has 0 saturated heterocycles. The summed E-state index contributed by atoms with van der Waals surface area (Å²) in [5, 5.41) is 0. The maximum atomic E-state index is 10.4. The lowest BCUT2D eigenvalue weighted by Crippen LogP contribution is -2.30. The monoisotopic (exact) mass is 114 g/mol. The SMILES string of the molecule is C=C(CC)C(=O)NN. The zero-order valence-electron chi connectivity index (χ0n) is 4.90. The smallest absolute Gasteiger partial charge is 0.260 e. The van der Waals surface area contributed by atoms with Crippen LogP contribution in [0.2, 0.25) is 0 Å². The molecule has 0 aromatic carbocycles. The third-order valence-electron chi connectivity index (χ3n) is 0.879. The third kappa shape index (κ3) is 1.75. The highest BCUT2D eigenvalue weighted by molar-refractivity contribution is 5.92. The Morgan fingerprint density at radius 3 is 2.50 bits per heavy atom. The molecule has 1 amide bonds. The number of hydrogen-bond acceptors (Lipinski definition) is 2. The second-order valence-electron chi connectivity index (χ2n) is 1.43. The molecule has 0 aliphatic rings. The molecule has 46 valence electrons. The van der Waals surface area contributed by atoms with E-state index in [-0.39, 0.29) is 5.91 Å². The second kappa shape index (κ2) is 3.21. The highest BCUT2D eigenvalue weighted by atomic mass is 16.2. The zero-order valence-corrected chi connectivity index (χ0v) is 4.90. The summed E-state index contributed by atoms with van der Waals surface area (Å²) < 4.78 is 0. The van der Waals surface area contributed by atoms with Crippen LogP contribution in [0.5, 0.6) is 0 Å². The van der Waals surface area contributed by atoms with Crippen molar-refractivity contribution in [3.8, 4) is 0 Å². The van der Waals surface area contributed by atoms with Gasteiger partial charge in [0.05, 0.1) is 0 Å². The van der Waals surface area contributed by atoms with Gasteiger partial charge in [-0.05, 0) is 6.42 Å². The van der Waals surface area contributed by atoms with E-state index in [2.05, 4.69) is 6.58 Å². The number of carbonyl (C=O) groups is 1. The van der Waals surface area contributed by atoms with Gasteiger partial charge in [0.25, 0.3) is 5.91 Å². The van der Waals surface area contributed by atoms with E-state index in [4.69, 9.17) is 5.84 Å². The van der Waals surface area contributed by atoms with E-state index in [1.54, 1.807) is 0 Å². The number of carbonyl (C=O) groups excluding carboxylic acids is 1. The molecule has 0 aliphatic heterocycles. The fourth-order valence-corrected chi connectivity index (χ4v) is 0.263. The fraction of sp³-hybridized carbons (Fsp3) is 0.400. The predicted octanol–water partition coefficient (Wildman–Crippen LogP) is -0.0575. The maximum Gasteiger partial charge on any atom is 0.260 e. The molecule has 0 atom stereocenters. The van der Waals surface area contributed by atoms with Gasteiger partial charge in [-0.1, -0.05) is 13.5 Å². The summed E-state index contributed by atoms with van der Waals surface area (Å²) in [6.07, 6.45) is 0.642. The number of nitrogens with two attached hydrogens (primary N) is 1. The Balaban J connectivity index is 3.64. The summed E-state index contributed by atoms with van der Waals surface area (Å²) in [4.78, 5) is 10.4. The molecule has 3 N–H and O–H groups in total. The van der Waals surface area contributed by atoms with Crippen molar-refractivity contribution >= 4 is 5.91 Å². The van der Waals surface area contributed by atoms with Gasteiger partial charge in [-0.25, -0.2) is 5.84 Å². The van der Waals surface area contributed by atoms with Gasteiger partial charge in [-0.15, -0.1) is 0 Å². The predicted molar refractivity (Wildman–Crippen MR) is 31.8 cm³/mol. The third-order valence-corrected chi connectivity index (χ3v) is 0.879. The van der Waals surface area contributed by atoms with Gasteiger partial charge < -0.3 is 0 Å². The van der Waals surface area contributed by atoms with E-state index < -0.39 is 0 Å². The van der Waals surface area contributed by atoms with Crippen LogP contribution in [0.15, 0.2) is 12.2 Å². The minimum atomic E-state index is -0.285. The highest BCUT2D eigenvalue weighted by Crippen LogP contribution is 1.92. The van der Waals surface area contributed by atoms with Crippen molar-refractivity contribution in [3.05, 3.63) is 12.2 Å². The van der Waals surface area contributed by atoms with Crippen LogP contribution >= 0.6 is 0 Å². The quantitative estimate of drug-likeness (QED) is 0.229. The first-order valence-electron chi connectivity index (χ1n) is 2.41. The van der Waals surface area contributed by atoms with Crippen molar-refractivity contribution < 1.29 is 4.79 Å². The van der Waals surface area contributed by atoms with Gasteiger partial charge in [-0.3, -0.25) is 10.2 Å². The molecule has 0 aromatic heterocycles. The Hall–Kier alpha value is -0.830. The first-order valence-corrected chi connectivity index (χ1v) is 2.41. The van der Waals surface area contributed by atoms with Crippen molar-refractivity contribution in [3.63, 3.8) is 0 Å². The molecule has 0 aromatic rings. The average molecular weight is 114 g/mol. The van der Waals surface area contributed by atoms with E-state index in [0.29, 0.717) is 12.0 Å². The molecule has 0 fully saturated rings. The first kappa shape index (κ1) is 7.17. The van der Waals surface area contributed by atoms with Gasteiger partial charge in [0, 0.05) is 5.57 Å². The van der Waals surface area contributed by atoms with Gasteiger partial charge in [-0.2, -0.15) is 0 Å². The summed E-state index contributed by atoms with van der Waals surface area (Å²) in [5.74, 6) is 4.50. The van der Waals surface area contributed by atoms with Crippen LogP contribution in [-0.2, 0) is 4.79 Å². The molecule has 0 bridgehead atoms. The zero-order chi connectivity index (χ0) is 6.57. The minimum Gasteiger partial charge on any atom is -0.290 e. The second-order valence-corrected chi connectivity index (χ2v) is 1.43. The van der Waals surface area contributed by atoms with Crippen molar-refractivity contribution in [2.45, 2.75) is 13.3 Å². The molecule has 0 spiro atoms. The van der Waals surface area contributed by atoms with E-state index in [0.717, 1.165) is 0 Å². The normalized spacial score (nSPS) is 8.25. The maximum absolute atomic E-state index is 10.4. The van der Waals surface area contributed by atoms with E-state index in [9.17, 15) is 4.79 Å². The lowest BCUT2D eigenvalue weighted by molar-refractivity contribution is -0.117. The van der Waals surface area contributed by atoms with Crippen molar-refractivity contribution in [1.29, 1.82) is 0 Å². The van der Waals surface area contributed by atoms with Crippen LogP contribution in [0.1, 0.15) is 13.3 Å². The van der Waals surface area contributed by atoms with Crippen molar-refractivity contribution in [1.82, 2.24) is 5.43 Å². The number of nitrogens with one attached hydrogen (secondary N) is 1. The van der Waals surface area contributed by atoms with Crippen molar-refractivity contribution in [2.24, 2.45) is 5.84 Å². The van der Waals surface area contributed by atoms with Crippen LogP contribution in [0.4, 0.5) is 0 Å². The number of rotatable bonds is 2. The summed E-state index contributed by atoms with van der Waals surface area (Å²) >= 11 is 0. The number of amides is 1. The Labute approximate surface area is 48.5 Å².